The summed E-state index contributed by atoms with van der Waals surface area (Å²) in [5.74, 6) is 0.147. The molecular formula is C18H23FN6O2. The second kappa shape index (κ2) is 8.17. The van der Waals surface area contributed by atoms with E-state index in [0.717, 1.165) is 11.3 Å². The summed E-state index contributed by atoms with van der Waals surface area (Å²) in [4.78, 5) is 20.4. The Hall–Kier alpha value is -2.94. The number of nitrogens with zero attached hydrogens (tertiary/aromatic N) is 5. The van der Waals surface area contributed by atoms with E-state index in [4.69, 9.17) is 0 Å². The van der Waals surface area contributed by atoms with Gasteiger partial charge in [0.1, 0.15) is 12.4 Å². The maximum atomic E-state index is 13.5. The van der Waals surface area contributed by atoms with Crippen LogP contribution in [0.5, 0.6) is 0 Å². The molecule has 0 unspecified atom stereocenters. The highest BCUT2D eigenvalue weighted by atomic mass is 19.1. The van der Waals surface area contributed by atoms with Gasteiger partial charge in [-0.2, -0.15) is 5.10 Å². The number of aromatic nitrogens is 2. The number of guanidine groups is 1. The molecule has 1 aliphatic rings. The maximum Gasteiger partial charge on any atom is 0.246 e. The first kappa shape index (κ1) is 18.8. The molecule has 0 spiro atoms. The van der Waals surface area contributed by atoms with Crippen LogP contribution in [0.3, 0.4) is 0 Å². The van der Waals surface area contributed by atoms with Crippen molar-refractivity contribution in [3.05, 3.63) is 47.5 Å². The van der Waals surface area contributed by atoms with Crippen molar-refractivity contribution in [2.45, 2.75) is 13.2 Å². The van der Waals surface area contributed by atoms with Crippen LogP contribution in [0.25, 0.3) is 0 Å². The van der Waals surface area contributed by atoms with Crippen molar-refractivity contribution in [3.8, 4) is 0 Å². The van der Waals surface area contributed by atoms with Gasteiger partial charge in [-0.3, -0.25) is 14.5 Å². The van der Waals surface area contributed by atoms with Crippen LogP contribution < -0.4 is 10.2 Å². The van der Waals surface area contributed by atoms with E-state index in [1.54, 1.807) is 35.0 Å². The number of halogens is 1. The third-order valence-electron chi connectivity index (χ3n) is 4.47. The molecule has 9 heteroatoms. The normalized spacial score (nSPS) is 15.4. The average Bonchev–Trinajstić information content (AvgIpc) is 3.09. The van der Waals surface area contributed by atoms with Crippen LogP contribution in [-0.4, -0.2) is 58.3 Å². The minimum Gasteiger partial charge on any atom is -0.392 e. The first-order valence-electron chi connectivity index (χ1n) is 8.64. The molecule has 8 nitrogen and oxygen atoms in total. The summed E-state index contributed by atoms with van der Waals surface area (Å²) in [5.41, 5.74) is 1.86. The molecule has 3 rings (SSSR count). The number of hydrogen-bond donors (Lipinski definition) is 2. The van der Waals surface area contributed by atoms with Crippen LogP contribution in [0, 0.1) is 5.82 Å². The zero-order valence-electron chi connectivity index (χ0n) is 15.4. The van der Waals surface area contributed by atoms with Crippen LogP contribution in [0.15, 0.2) is 35.6 Å². The fourth-order valence-electron chi connectivity index (χ4n) is 3.05. The fraction of sp³-hybridized carbons (Fsp3) is 0.389. The zero-order chi connectivity index (χ0) is 19.4. The third-order valence-corrected chi connectivity index (χ3v) is 4.47. The van der Waals surface area contributed by atoms with Crippen LogP contribution >= 0.6 is 0 Å². The molecule has 1 saturated heterocycles. The number of carbonyl (C=O) groups is 1. The van der Waals surface area contributed by atoms with E-state index in [0.29, 0.717) is 25.6 Å². The minimum absolute atomic E-state index is 0.0263. The molecule has 0 bridgehead atoms. The number of aliphatic hydroxyl groups excluding tert-OH is 1. The van der Waals surface area contributed by atoms with Gasteiger partial charge in [-0.1, -0.05) is 6.07 Å². The molecule has 1 amide bonds. The highest BCUT2D eigenvalue weighted by Crippen LogP contribution is 2.16. The van der Waals surface area contributed by atoms with Gasteiger partial charge in [0.05, 0.1) is 18.5 Å². The molecule has 2 N–H and O–H groups in total. The first-order valence-corrected chi connectivity index (χ1v) is 8.64. The Morgan fingerprint density at radius 2 is 2.22 bits per heavy atom. The van der Waals surface area contributed by atoms with Gasteiger partial charge in [0, 0.05) is 45.5 Å². The first-order chi connectivity index (χ1) is 13.0. The van der Waals surface area contributed by atoms with Crippen LogP contribution in [-0.2, 0) is 25.0 Å². The molecule has 1 aromatic carbocycles. The Morgan fingerprint density at radius 3 is 2.85 bits per heavy atom. The van der Waals surface area contributed by atoms with E-state index < -0.39 is 5.82 Å². The van der Waals surface area contributed by atoms with Crippen molar-refractivity contribution in [2.24, 2.45) is 12.0 Å². The van der Waals surface area contributed by atoms with Crippen molar-refractivity contribution in [2.75, 3.05) is 31.6 Å². The molecule has 1 fully saturated rings. The predicted octanol–water partition coefficient (Wildman–Crippen LogP) is 0.476. The number of benzene rings is 1. The molecule has 1 aromatic heterocycles. The van der Waals surface area contributed by atoms with Gasteiger partial charge in [-0.25, -0.2) is 4.39 Å². The quantitative estimate of drug-likeness (QED) is 0.600. The summed E-state index contributed by atoms with van der Waals surface area (Å²) < 4.78 is 15.2. The average molecular weight is 374 g/mol. The molecule has 2 aromatic rings. The van der Waals surface area contributed by atoms with Crippen molar-refractivity contribution >= 4 is 17.6 Å². The smallest absolute Gasteiger partial charge is 0.246 e. The van der Waals surface area contributed by atoms with Crippen molar-refractivity contribution < 1.29 is 14.3 Å². The number of aryl methyl sites for hydroxylation is 1. The van der Waals surface area contributed by atoms with Gasteiger partial charge in [0.15, 0.2) is 5.96 Å². The van der Waals surface area contributed by atoms with E-state index >= 15 is 0 Å². The lowest BCUT2D eigenvalue weighted by atomic mass is 10.1. The minimum atomic E-state index is -0.428. The summed E-state index contributed by atoms with van der Waals surface area (Å²) in [7, 11) is 3.47. The Bertz CT molecular complexity index is 850. The number of hydrogen-bond acceptors (Lipinski definition) is 4. The SMILES string of the molecule is CN=C(NCc1ccc(F)c(CO)c1)N1CCN(c2cnn(C)c2)C(=O)C1. The molecule has 1 aliphatic heterocycles. The summed E-state index contributed by atoms with van der Waals surface area (Å²) in [6, 6.07) is 4.60. The number of aliphatic hydroxyl groups is 1. The van der Waals surface area contributed by atoms with Gasteiger partial charge >= 0.3 is 0 Å². The standard InChI is InChI=1S/C18H23FN6O2/c1-20-18(21-8-13-3-4-16(19)14(7-13)12-26)24-5-6-25(17(27)11-24)15-9-22-23(2)10-15/h3-4,7,9-10,26H,5-6,8,11-12H2,1-2H3,(H,20,21). The number of carbonyl (C=O) groups excluding carboxylic acids is 1. The number of amides is 1. The largest absolute Gasteiger partial charge is 0.392 e. The van der Waals surface area contributed by atoms with E-state index in [-0.39, 0.29) is 24.6 Å². The molecule has 0 atom stereocenters. The summed E-state index contributed by atoms with van der Waals surface area (Å²) in [6.45, 7) is 1.44. The second-order valence-corrected chi connectivity index (χ2v) is 6.32. The van der Waals surface area contributed by atoms with E-state index in [2.05, 4.69) is 15.4 Å². The van der Waals surface area contributed by atoms with Crippen LogP contribution in [0.4, 0.5) is 10.1 Å². The summed E-state index contributed by atoms with van der Waals surface area (Å²) >= 11 is 0. The lowest BCUT2D eigenvalue weighted by Gasteiger charge is -2.35. The number of rotatable bonds is 4. The van der Waals surface area contributed by atoms with Crippen LogP contribution in [0.2, 0.25) is 0 Å². The van der Waals surface area contributed by atoms with E-state index in [1.807, 2.05) is 18.1 Å². The van der Waals surface area contributed by atoms with Gasteiger partial charge in [-0.05, 0) is 17.7 Å². The molecular weight excluding hydrogens is 351 g/mol. The Labute approximate surface area is 156 Å². The number of anilines is 1. The van der Waals surface area contributed by atoms with Crippen molar-refractivity contribution in [1.29, 1.82) is 0 Å². The van der Waals surface area contributed by atoms with Gasteiger partial charge in [0.25, 0.3) is 0 Å². The van der Waals surface area contributed by atoms with Crippen LogP contribution in [0.1, 0.15) is 11.1 Å². The lowest BCUT2D eigenvalue weighted by Crippen LogP contribution is -2.55. The lowest BCUT2D eigenvalue weighted by molar-refractivity contribution is -0.120. The zero-order valence-corrected chi connectivity index (χ0v) is 15.4. The van der Waals surface area contributed by atoms with E-state index in [1.165, 1.54) is 6.07 Å². The molecule has 27 heavy (non-hydrogen) atoms. The Balaban J connectivity index is 1.61. The molecule has 0 saturated carbocycles. The van der Waals surface area contributed by atoms with Gasteiger partial charge in [-0.15, -0.1) is 0 Å². The highest BCUT2D eigenvalue weighted by molar-refractivity contribution is 5.98. The molecule has 144 valence electrons. The third kappa shape index (κ3) is 4.25. The highest BCUT2D eigenvalue weighted by Gasteiger charge is 2.27. The maximum absolute atomic E-state index is 13.5. The number of nitrogens with one attached hydrogen (secondary N) is 1. The van der Waals surface area contributed by atoms with Crippen molar-refractivity contribution in [3.63, 3.8) is 0 Å². The Morgan fingerprint density at radius 1 is 1.41 bits per heavy atom. The predicted molar refractivity (Wildman–Crippen MR) is 99.7 cm³/mol. The summed E-state index contributed by atoms with van der Waals surface area (Å²) in [6.07, 6.45) is 3.49. The van der Waals surface area contributed by atoms with Gasteiger partial charge in [0.2, 0.25) is 5.91 Å². The number of piperazine rings is 1. The van der Waals surface area contributed by atoms with E-state index in [9.17, 15) is 14.3 Å². The fourth-order valence-corrected chi connectivity index (χ4v) is 3.05. The summed E-state index contributed by atoms with van der Waals surface area (Å²) in [5, 5.41) is 16.5. The molecule has 2 heterocycles. The molecule has 0 aliphatic carbocycles. The van der Waals surface area contributed by atoms with Crippen molar-refractivity contribution in [1.82, 2.24) is 20.0 Å². The Kier molecular flexibility index (Phi) is 5.70. The molecule has 0 radical (unpaired) electrons. The number of aliphatic imine (C=N–C) groups is 1. The second-order valence-electron chi connectivity index (χ2n) is 6.32. The topological polar surface area (TPSA) is 86.0 Å². The monoisotopic (exact) mass is 374 g/mol. The van der Waals surface area contributed by atoms with Gasteiger partial charge < -0.3 is 20.2 Å².